The minimum Gasteiger partial charge on any atom is -1.00 e. The summed E-state index contributed by atoms with van der Waals surface area (Å²) in [5.41, 5.74) is 0. The van der Waals surface area contributed by atoms with E-state index in [2.05, 4.69) is 10.8 Å². The minimum atomic E-state index is -3.59. The van der Waals surface area contributed by atoms with Crippen molar-refractivity contribution >= 4 is 33.2 Å². The molecule has 0 fully saturated rings. The van der Waals surface area contributed by atoms with E-state index in [1.807, 2.05) is 0 Å². The van der Waals surface area contributed by atoms with Crippen molar-refractivity contribution in [2.45, 2.75) is 4.90 Å². The monoisotopic (exact) mass is 292 g/mol. The van der Waals surface area contributed by atoms with Crippen LogP contribution < -0.4 is 24.8 Å². The maximum Gasteiger partial charge on any atom is 2.00 e. The van der Waals surface area contributed by atoms with E-state index in [1.165, 1.54) is 18.2 Å². The number of halogens is 2. The second-order valence-electron chi connectivity index (χ2n) is 2.34. The molecule has 0 aliphatic rings. The summed E-state index contributed by atoms with van der Waals surface area (Å²) in [5.74, 6) is 0. The van der Waals surface area contributed by atoms with Gasteiger partial charge in [0, 0.05) is 0 Å². The molecule has 16 heavy (non-hydrogen) atoms. The Morgan fingerprint density at radius 1 is 1.19 bits per heavy atom. The van der Waals surface area contributed by atoms with E-state index >= 15 is 0 Å². The Morgan fingerprint density at radius 3 is 2.12 bits per heavy atom. The van der Waals surface area contributed by atoms with Gasteiger partial charge in [-0.2, -0.15) is 8.42 Å². The fourth-order valence-corrected chi connectivity index (χ4v) is 1.69. The van der Waals surface area contributed by atoms with Crippen LogP contribution in [-0.2, 0) is 14.3 Å². The summed E-state index contributed by atoms with van der Waals surface area (Å²) in [6.07, 6.45) is 1.39. The van der Waals surface area contributed by atoms with Crippen LogP contribution >= 0.6 is 0 Å². The van der Waals surface area contributed by atoms with Crippen LogP contribution in [0.3, 0.4) is 0 Å². The van der Waals surface area contributed by atoms with Crippen LogP contribution in [0.2, 0.25) is 0 Å². The first-order valence-corrected chi connectivity index (χ1v) is 5.13. The van der Waals surface area contributed by atoms with Crippen molar-refractivity contribution in [2.24, 2.45) is 0 Å². The van der Waals surface area contributed by atoms with Crippen LogP contribution in [0.25, 0.3) is 0 Å². The van der Waals surface area contributed by atoms with Gasteiger partial charge in [-0.05, 0) is 12.1 Å². The molecule has 1 aromatic rings. The van der Waals surface area contributed by atoms with Gasteiger partial charge in [-0.25, -0.2) is 0 Å². The molecule has 1 rings (SSSR count). The zero-order chi connectivity index (χ0) is 9.73. The molecule has 0 N–H and O–H groups in total. The second-order valence-corrected chi connectivity index (χ2v) is 3.96. The molecule has 86 valence electrons. The predicted molar refractivity (Wildman–Crippen MR) is 55.5 cm³/mol. The average Bonchev–Trinajstić information content (AvgIpc) is 2.16. The predicted octanol–water partition coefficient (Wildman–Crippen LogP) is -4.79. The smallest absolute Gasteiger partial charge is 1.00 e. The van der Waals surface area contributed by atoms with Crippen molar-refractivity contribution in [3.8, 4) is 0 Å². The van der Waals surface area contributed by atoms with Crippen LogP contribution in [0.5, 0.6) is 0 Å². The van der Waals surface area contributed by atoms with Crippen LogP contribution in [0, 0.1) is 0 Å². The summed E-state index contributed by atoms with van der Waals surface area (Å²) < 4.78 is 27.3. The van der Waals surface area contributed by atoms with Gasteiger partial charge in [0.05, 0.1) is 11.5 Å². The Kier molecular flexibility index (Phi) is 13.9. The fourth-order valence-electron chi connectivity index (χ4n) is 0.793. The first-order chi connectivity index (χ1) is 6.17. The molecule has 1 aromatic carbocycles. The van der Waals surface area contributed by atoms with Gasteiger partial charge in [0.25, 0.3) is 10.1 Å². The van der Waals surface area contributed by atoms with Gasteiger partial charge in [-0.1, -0.05) is 24.3 Å². The molecule has 0 aliphatic carbocycles. The summed E-state index contributed by atoms with van der Waals surface area (Å²) in [5, 5.41) is 0. The van der Waals surface area contributed by atoms with Gasteiger partial charge < -0.3 is 24.8 Å². The molecule has 0 saturated carbocycles. The quantitative estimate of drug-likeness (QED) is 0.318. The van der Waals surface area contributed by atoms with E-state index in [0.29, 0.717) is 0 Å². The topological polar surface area (TPSA) is 43.4 Å². The zero-order valence-electron chi connectivity index (χ0n) is 8.47. The molecule has 0 unspecified atom stereocenters. The van der Waals surface area contributed by atoms with Crippen LogP contribution in [0.4, 0.5) is 0 Å². The Balaban J connectivity index is -0.000000563. The van der Waals surface area contributed by atoms with Crippen LogP contribution in [-0.4, -0.2) is 38.1 Å². The summed E-state index contributed by atoms with van der Waals surface area (Å²) in [4.78, 5) is 0.164. The molecule has 0 spiro atoms. The van der Waals surface area contributed by atoms with Crippen LogP contribution in [0.15, 0.2) is 47.9 Å². The largest absolute Gasteiger partial charge is 2.00 e. The number of rotatable bonds is 4. The number of benzene rings is 1. The van der Waals surface area contributed by atoms with Gasteiger partial charge >= 0.3 is 23.1 Å². The third-order valence-corrected chi connectivity index (χ3v) is 2.67. The van der Waals surface area contributed by atoms with Crippen molar-refractivity contribution in [1.29, 1.82) is 0 Å². The average molecular weight is 293 g/mol. The Bertz CT molecular complexity index is 381. The van der Waals surface area contributed by atoms with Crippen molar-refractivity contribution in [1.82, 2.24) is 0 Å². The van der Waals surface area contributed by atoms with Crippen LogP contribution in [0.1, 0.15) is 0 Å². The van der Waals surface area contributed by atoms with Crippen molar-refractivity contribution in [3.05, 3.63) is 43.0 Å². The standard InChI is InChI=1S/C9H10O3S.2ClH.Mg/c1-2-8-12-13(10,11)9-6-4-3-5-7-9;;;/h2-7H,1,8H2;2*1H;/q;;;+2/p-2. The summed E-state index contributed by atoms with van der Waals surface area (Å²) in [7, 11) is -3.59. The zero-order valence-corrected chi connectivity index (χ0v) is 12.2. The number of hydrogen-bond acceptors (Lipinski definition) is 3. The molecule has 3 nitrogen and oxygen atoms in total. The van der Waals surface area contributed by atoms with Gasteiger partial charge in [0.15, 0.2) is 0 Å². The molecule has 0 radical (unpaired) electrons. The first kappa shape index (κ1) is 21.5. The van der Waals surface area contributed by atoms with Gasteiger partial charge in [0.2, 0.25) is 0 Å². The third kappa shape index (κ3) is 6.72. The van der Waals surface area contributed by atoms with E-state index in [-0.39, 0.29) is 59.4 Å². The molecule has 0 bridgehead atoms. The molecule has 0 saturated heterocycles. The van der Waals surface area contributed by atoms with Gasteiger partial charge in [-0.3, -0.25) is 4.18 Å². The Labute approximate surface area is 124 Å². The second kappa shape index (κ2) is 10.4. The molecule has 0 aromatic heterocycles. The maximum absolute atomic E-state index is 11.3. The van der Waals surface area contributed by atoms with E-state index in [9.17, 15) is 8.42 Å². The maximum atomic E-state index is 11.3. The minimum absolute atomic E-state index is 0. The molecule has 0 amide bonds. The summed E-state index contributed by atoms with van der Waals surface area (Å²) >= 11 is 0. The van der Waals surface area contributed by atoms with Crippen molar-refractivity contribution in [3.63, 3.8) is 0 Å². The fraction of sp³-hybridized carbons (Fsp3) is 0.111. The third-order valence-electron chi connectivity index (χ3n) is 1.37. The van der Waals surface area contributed by atoms with E-state index in [4.69, 9.17) is 0 Å². The molecular formula is C9H10Cl2MgO3S. The molecule has 0 aliphatic heterocycles. The van der Waals surface area contributed by atoms with E-state index in [0.717, 1.165) is 0 Å². The van der Waals surface area contributed by atoms with Gasteiger partial charge in [-0.15, -0.1) is 6.58 Å². The summed E-state index contributed by atoms with van der Waals surface area (Å²) in [6.45, 7) is 3.37. The Hall–Kier alpha value is 0.216. The molecular weight excluding hydrogens is 283 g/mol. The Morgan fingerprint density at radius 2 is 1.69 bits per heavy atom. The van der Waals surface area contributed by atoms with Gasteiger partial charge in [0.1, 0.15) is 0 Å². The van der Waals surface area contributed by atoms with Crippen molar-refractivity contribution in [2.75, 3.05) is 6.61 Å². The van der Waals surface area contributed by atoms with E-state index < -0.39 is 10.1 Å². The normalized spacial score (nSPS) is 9.00. The number of hydrogen-bond donors (Lipinski definition) is 0. The molecule has 0 atom stereocenters. The molecule has 0 heterocycles. The SMILES string of the molecule is C=CCOS(=O)(=O)c1ccccc1.[Cl-].[Cl-].[Mg+2]. The summed E-state index contributed by atoms with van der Waals surface area (Å²) in [6, 6.07) is 8.00. The van der Waals surface area contributed by atoms with E-state index in [1.54, 1.807) is 18.2 Å². The molecule has 7 heteroatoms. The van der Waals surface area contributed by atoms with Crippen molar-refractivity contribution < 1.29 is 37.4 Å². The first-order valence-electron chi connectivity index (χ1n) is 3.72.